The number of aliphatic hydroxyl groups excluding tert-OH is 1. The second kappa shape index (κ2) is 10.6. The number of aliphatic hydroxyl groups is 1. The molecule has 1 rings (SSSR count). The quantitative estimate of drug-likeness (QED) is 0.318. The van der Waals surface area contributed by atoms with Crippen LogP contribution >= 0.6 is 0 Å². The molecular formula is C19H29N3O6. The molecule has 0 radical (unpaired) electrons. The number of carbonyl (C=O) groups excluding carboxylic acids is 2. The number of phenols is 1. The molecule has 4 atom stereocenters. The van der Waals surface area contributed by atoms with Gasteiger partial charge >= 0.3 is 5.97 Å². The van der Waals surface area contributed by atoms with Gasteiger partial charge in [-0.1, -0.05) is 26.0 Å². The van der Waals surface area contributed by atoms with Gasteiger partial charge in [-0.3, -0.25) is 9.59 Å². The van der Waals surface area contributed by atoms with Gasteiger partial charge in [-0.25, -0.2) is 4.79 Å². The number of carboxylic acid groups (broad SMARTS) is 1. The Labute approximate surface area is 163 Å². The summed E-state index contributed by atoms with van der Waals surface area (Å²) in [5, 5.41) is 33.3. The fourth-order valence-electron chi connectivity index (χ4n) is 2.61. The average molecular weight is 395 g/mol. The van der Waals surface area contributed by atoms with Crippen molar-refractivity contribution >= 4 is 17.8 Å². The number of carbonyl (C=O) groups is 3. The summed E-state index contributed by atoms with van der Waals surface area (Å²) < 4.78 is 0. The standard InChI is InChI=1S/C19H29N3O6/c1-10(2)8-14(20)17(25)22-16(11(3)23)18(26)21-15(19(27)28)9-12-4-6-13(24)7-5-12/h4-7,10-11,14-16,23-24H,8-9,20H2,1-3H3,(H,21,26)(H,22,25)(H,27,28)/t11-,14+,15+,16+/m1/s1. The SMILES string of the molecule is CC(C)C[C@H](N)C(=O)N[C@H](C(=O)N[C@@H](Cc1ccc(O)cc1)C(=O)O)[C@@H](C)O. The van der Waals surface area contributed by atoms with Crippen LogP contribution in [0.1, 0.15) is 32.8 Å². The Morgan fingerprint density at radius 1 is 1.04 bits per heavy atom. The summed E-state index contributed by atoms with van der Waals surface area (Å²) in [6.45, 7) is 5.10. The third-order valence-corrected chi connectivity index (χ3v) is 4.12. The van der Waals surface area contributed by atoms with E-state index in [0.717, 1.165) is 0 Å². The summed E-state index contributed by atoms with van der Waals surface area (Å²) in [5.41, 5.74) is 6.38. The molecule has 9 nitrogen and oxygen atoms in total. The first-order valence-electron chi connectivity index (χ1n) is 9.06. The van der Waals surface area contributed by atoms with Gasteiger partial charge in [0.1, 0.15) is 17.8 Å². The highest BCUT2D eigenvalue weighted by molar-refractivity contribution is 5.92. The van der Waals surface area contributed by atoms with Gasteiger partial charge < -0.3 is 31.7 Å². The summed E-state index contributed by atoms with van der Waals surface area (Å²) in [5.74, 6) is -2.49. The monoisotopic (exact) mass is 395 g/mol. The molecule has 2 amide bonds. The predicted molar refractivity (Wildman–Crippen MR) is 102 cm³/mol. The van der Waals surface area contributed by atoms with Crippen molar-refractivity contribution in [2.75, 3.05) is 0 Å². The molecule has 0 spiro atoms. The van der Waals surface area contributed by atoms with Crippen molar-refractivity contribution in [2.45, 2.75) is 57.8 Å². The van der Waals surface area contributed by atoms with Crippen molar-refractivity contribution in [1.29, 1.82) is 0 Å². The Kier molecular flexibility index (Phi) is 8.87. The van der Waals surface area contributed by atoms with Crippen LogP contribution in [0.3, 0.4) is 0 Å². The van der Waals surface area contributed by atoms with Crippen LogP contribution in [0.15, 0.2) is 24.3 Å². The molecule has 28 heavy (non-hydrogen) atoms. The van der Waals surface area contributed by atoms with E-state index in [2.05, 4.69) is 10.6 Å². The zero-order valence-electron chi connectivity index (χ0n) is 16.3. The second-order valence-corrected chi connectivity index (χ2v) is 7.23. The summed E-state index contributed by atoms with van der Waals surface area (Å²) in [7, 11) is 0. The van der Waals surface area contributed by atoms with E-state index in [0.29, 0.717) is 12.0 Å². The van der Waals surface area contributed by atoms with Gasteiger partial charge in [0.25, 0.3) is 0 Å². The molecule has 0 bridgehead atoms. The van der Waals surface area contributed by atoms with Crippen molar-refractivity contribution in [3.63, 3.8) is 0 Å². The Hall–Kier alpha value is -2.65. The number of hydrogen-bond donors (Lipinski definition) is 6. The van der Waals surface area contributed by atoms with Crippen LogP contribution in [0, 0.1) is 5.92 Å². The van der Waals surface area contributed by atoms with Crippen LogP contribution in [-0.2, 0) is 20.8 Å². The molecule has 156 valence electrons. The van der Waals surface area contributed by atoms with E-state index in [4.69, 9.17) is 5.73 Å². The van der Waals surface area contributed by atoms with Crippen LogP contribution in [0.2, 0.25) is 0 Å². The summed E-state index contributed by atoms with van der Waals surface area (Å²) >= 11 is 0. The van der Waals surface area contributed by atoms with Gasteiger partial charge in [0.05, 0.1) is 12.1 Å². The fourth-order valence-corrected chi connectivity index (χ4v) is 2.61. The van der Waals surface area contributed by atoms with E-state index in [9.17, 15) is 29.7 Å². The van der Waals surface area contributed by atoms with Crippen LogP contribution in [0.5, 0.6) is 5.75 Å². The fraction of sp³-hybridized carbons (Fsp3) is 0.526. The van der Waals surface area contributed by atoms with Gasteiger partial charge in [0.15, 0.2) is 0 Å². The molecule has 0 heterocycles. The predicted octanol–water partition coefficient (Wildman–Crippen LogP) is -0.257. The van der Waals surface area contributed by atoms with E-state index in [-0.39, 0.29) is 18.1 Å². The number of aliphatic carboxylic acids is 1. The first-order chi connectivity index (χ1) is 13.0. The highest BCUT2D eigenvalue weighted by atomic mass is 16.4. The molecule has 0 unspecified atom stereocenters. The lowest BCUT2D eigenvalue weighted by Crippen LogP contribution is -2.58. The van der Waals surface area contributed by atoms with Gasteiger partial charge in [0.2, 0.25) is 11.8 Å². The van der Waals surface area contributed by atoms with E-state index >= 15 is 0 Å². The van der Waals surface area contributed by atoms with Crippen molar-refractivity contribution in [2.24, 2.45) is 11.7 Å². The molecule has 1 aromatic rings. The van der Waals surface area contributed by atoms with E-state index in [1.54, 1.807) is 0 Å². The average Bonchev–Trinajstić information content (AvgIpc) is 2.59. The number of nitrogens with one attached hydrogen (secondary N) is 2. The molecule has 7 N–H and O–H groups in total. The highest BCUT2D eigenvalue weighted by Gasteiger charge is 2.31. The molecular weight excluding hydrogens is 366 g/mol. The molecule has 0 aromatic heterocycles. The number of hydrogen-bond acceptors (Lipinski definition) is 6. The lowest BCUT2D eigenvalue weighted by atomic mass is 10.0. The van der Waals surface area contributed by atoms with Crippen LogP contribution in [0.25, 0.3) is 0 Å². The summed E-state index contributed by atoms with van der Waals surface area (Å²) in [6.07, 6.45) is -0.883. The highest BCUT2D eigenvalue weighted by Crippen LogP contribution is 2.12. The zero-order valence-corrected chi connectivity index (χ0v) is 16.3. The van der Waals surface area contributed by atoms with Crippen LogP contribution in [-0.4, -0.2) is 57.3 Å². The maximum absolute atomic E-state index is 12.5. The number of benzene rings is 1. The maximum Gasteiger partial charge on any atom is 0.326 e. The van der Waals surface area contributed by atoms with E-state index in [1.165, 1.54) is 31.2 Å². The first-order valence-corrected chi connectivity index (χ1v) is 9.06. The van der Waals surface area contributed by atoms with Crippen molar-refractivity contribution < 1.29 is 29.7 Å². The van der Waals surface area contributed by atoms with E-state index < -0.39 is 42.0 Å². The second-order valence-electron chi connectivity index (χ2n) is 7.23. The molecule has 0 aliphatic heterocycles. The summed E-state index contributed by atoms with van der Waals surface area (Å²) in [4.78, 5) is 36.2. The lowest BCUT2D eigenvalue weighted by Gasteiger charge is -2.25. The number of phenolic OH excluding ortho intramolecular Hbond substituents is 1. The normalized spacial score (nSPS) is 15.4. The van der Waals surface area contributed by atoms with E-state index in [1.807, 2.05) is 13.8 Å². The lowest BCUT2D eigenvalue weighted by molar-refractivity contribution is -0.142. The van der Waals surface area contributed by atoms with Crippen molar-refractivity contribution in [1.82, 2.24) is 10.6 Å². The number of nitrogens with two attached hydrogens (primary N) is 1. The third-order valence-electron chi connectivity index (χ3n) is 4.12. The molecule has 0 saturated heterocycles. The Bertz CT molecular complexity index is 675. The van der Waals surface area contributed by atoms with Crippen LogP contribution in [0.4, 0.5) is 0 Å². The zero-order chi connectivity index (χ0) is 21.4. The third kappa shape index (κ3) is 7.53. The minimum absolute atomic E-state index is 0.0330. The molecule has 0 aliphatic carbocycles. The maximum atomic E-state index is 12.5. The molecule has 0 aliphatic rings. The van der Waals surface area contributed by atoms with Crippen molar-refractivity contribution in [3.05, 3.63) is 29.8 Å². The van der Waals surface area contributed by atoms with Gasteiger partial charge in [-0.05, 0) is 37.0 Å². The molecule has 0 saturated carbocycles. The topological polar surface area (TPSA) is 162 Å². The van der Waals surface area contributed by atoms with Gasteiger partial charge in [-0.2, -0.15) is 0 Å². The molecule has 0 fully saturated rings. The first kappa shape index (κ1) is 23.4. The number of rotatable bonds is 10. The van der Waals surface area contributed by atoms with Crippen molar-refractivity contribution in [3.8, 4) is 5.75 Å². The van der Waals surface area contributed by atoms with Crippen LogP contribution < -0.4 is 16.4 Å². The smallest absolute Gasteiger partial charge is 0.326 e. The molecule has 1 aromatic carbocycles. The molecule has 9 heteroatoms. The Morgan fingerprint density at radius 2 is 1.61 bits per heavy atom. The number of amides is 2. The van der Waals surface area contributed by atoms with Gasteiger partial charge in [-0.15, -0.1) is 0 Å². The number of carboxylic acids is 1. The Balaban J connectivity index is 2.82. The summed E-state index contributed by atoms with van der Waals surface area (Å²) in [6, 6.07) is 2.43. The minimum Gasteiger partial charge on any atom is -0.508 e. The number of aromatic hydroxyl groups is 1. The van der Waals surface area contributed by atoms with Gasteiger partial charge in [0, 0.05) is 6.42 Å². The minimum atomic E-state index is -1.34. The Morgan fingerprint density at radius 3 is 2.07 bits per heavy atom. The largest absolute Gasteiger partial charge is 0.508 e.